The van der Waals surface area contributed by atoms with Gasteiger partial charge in [0.1, 0.15) is 6.07 Å². The Labute approximate surface area is 215 Å². The summed E-state index contributed by atoms with van der Waals surface area (Å²) in [6.45, 7) is 3.05. The van der Waals surface area contributed by atoms with Crippen LogP contribution in [0.15, 0.2) is 29.1 Å². The molecule has 4 rings (SSSR count). The summed E-state index contributed by atoms with van der Waals surface area (Å²) in [6, 6.07) is 10.2. The SMILES string of the molecule is CC#CCN1c2c(nc(C#N)n(Cc3cccc(C#N)c3)c2=O)N(OC(=O)C(F)(F)F)C1N1CCNCC1. The van der Waals surface area contributed by atoms with Crippen molar-refractivity contribution in [3.8, 4) is 24.0 Å². The minimum absolute atomic E-state index is 0.0924. The molecular weight excluding hydrogens is 505 g/mol. The third-order valence-corrected chi connectivity index (χ3v) is 5.93. The summed E-state index contributed by atoms with van der Waals surface area (Å²) in [7, 11) is 0. The molecule has 38 heavy (non-hydrogen) atoms. The van der Waals surface area contributed by atoms with Crippen molar-refractivity contribution < 1.29 is 22.8 Å². The Hall–Kier alpha value is -4.58. The van der Waals surface area contributed by atoms with Crippen molar-refractivity contribution in [2.24, 2.45) is 0 Å². The van der Waals surface area contributed by atoms with Gasteiger partial charge in [-0.15, -0.1) is 11.0 Å². The number of rotatable bonds is 5. The van der Waals surface area contributed by atoms with E-state index in [1.807, 2.05) is 6.07 Å². The lowest BCUT2D eigenvalue weighted by Crippen LogP contribution is -2.61. The van der Waals surface area contributed by atoms with Crippen molar-refractivity contribution in [2.75, 3.05) is 42.7 Å². The van der Waals surface area contributed by atoms with E-state index in [-0.39, 0.29) is 18.8 Å². The first-order chi connectivity index (χ1) is 18.2. The molecule has 2 aliphatic heterocycles. The number of piperazine rings is 1. The van der Waals surface area contributed by atoms with Crippen LogP contribution in [-0.2, 0) is 16.2 Å². The summed E-state index contributed by atoms with van der Waals surface area (Å²) in [4.78, 5) is 37.8. The largest absolute Gasteiger partial charge is 0.493 e. The van der Waals surface area contributed by atoms with Crippen LogP contribution in [0, 0.1) is 34.5 Å². The maximum absolute atomic E-state index is 13.8. The third kappa shape index (κ3) is 5.11. The minimum Gasteiger partial charge on any atom is -0.327 e. The molecule has 3 heterocycles. The summed E-state index contributed by atoms with van der Waals surface area (Å²) >= 11 is 0. The van der Waals surface area contributed by atoms with Crippen LogP contribution < -0.4 is 20.8 Å². The molecule has 1 atom stereocenters. The van der Waals surface area contributed by atoms with Gasteiger partial charge >= 0.3 is 12.1 Å². The zero-order valence-corrected chi connectivity index (χ0v) is 20.1. The fourth-order valence-electron chi connectivity index (χ4n) is 4.26. The molecule has 0 amide bonds. The maximum Gasteiger partial charge on any atom is 0.493 e. The number of aromatic nitrogens is 2. The van der Waals surface area contributed by atoms with E-state index in [1.165, 1.54) is 4.90 Å². The number of hydroxylamine groups is 1. The minimum atomic E-state index is -5.32. The Bertz CT molecular complexity index is 1440. The summed E-state index contributed by atoms with van der Waals surface area (Å²) in [5.74, 6) is 2.21. The number of fused-ring (bicyclic) bond motifs is 1. The van der Waals surface area contributed by atoms with Gasteiger partial charge < -0.3 is 15.1 Å². The van der Waals surface area contributed by atoms with Gasteiger partial charge in [0, 0.05) is 26.2 Å². The van der Waals surface area contributed by atoms with Crippen molar-refractivity contribution in [2.45, 2.75) is 25.9 Å². The average molecular weight is 526 g/mol. The van der Waals surface area contributed by atoms with E-state index < -0.39 is 35.6 Å². The van der Waals surface area contributed by atoms with Crippen LogP contribution in [-0.4, -0.2) is 65.6 Å². The first-order valence-electron chi connectivity index (χ1n) is 11.4. The summed E-state index contributed by atoms with van der Waals surface area (Å²) in [5, 5.41) is 22.8. The molecule has 1 aromatic carbocycles. The molecule has 1 aromatic heterocycles. The highest BCUT2D eigenvalue weighted by atomic mass is 19.4. The molecule has 196 valence electrons. The number of carbonyl (C=O) groups excluding carboxylic acids is 1. The van der Waals surface area contributed by atoms with Crippen LogP contribution in [0.1, 0.15) is 23.9 Å². The van der Waals surface area contributed by atoms with E-state index in [2.05, 4.69) is 22.1 Å². The van der Waals surface area contributed by atoms with Gasteiger partial charge in [0.15, 0.2) is 17.8 Å². The number of hydrogen-bond donors (Lipinski definition) is 1. The van der Waals surface area contributed by atoms with Crippen LogP contribution in [0.5, 0.6) is 0 Å². The standard InChI is InChI=1S/C24H21F3N8O3/c1-2-3-9-33-19-20(35(38-22(37)24(25,26)27)23(33)32-10-7-30-8-11-32)31-18(14-29)34(21(19)36)15-17-6-4-5-16(12-17)13-28/h4-6,12,23,30H,7-11,15H2,1H3. The van der Waals surface area contributed by atoms with Crippen molar-refractivity contribution in [3.05, 3.63) is 51.6 Å². The monoisotopic (exact) mass is 526 g/mol. The molecule has 0 radical (unpaired) electrons. The van der Waals surface area contributed by atoms with E-state index >= 15 is 0 Å². The first kappa shape index (κ1) is 26.5. The molecule has 1 N–H and O–H groups in total. The molecule has 11 nitrogen and oxygen atoms in total. The lowest BCUT2D eigenvalue weighted by atomic mass is 10.1. The van der Waals surface area contributed by atoms with Crippen molar-refractivity contribution >= 4 is 17.5 Å². The lowest BCUT2D eigenvalue weighted by Gasteiger charge is -2.40. The van der Waals surface area contributed by atoms with Gasteiger partial charge in [0.25, 0.3) is 5.56 Å². The molecule has 0 bridgehead atoms. The Morgan fingerprint density at radius 3 is 2.61 bits per heavy atom. The number of nitriles is 2. The van der Waals surface area contributed by atoms with E-state index in [1.54, 1.807) is 42.2 Å². The Kier molecular flexibility index (Phi) is 7.53. The number of hydrogen-bond acceptors (Lipinski definition) is 10. The second-order valence-electron chi connectivity index (χ2n) is 8.31. The zero-order chi connectivity index (χ0) is 27.4. The lowest BCUT2D eigenvalue weighted by molar-refractivity contribution is -0.203. The second-order valence-corrected chi connectivity index (χ2v) is 8.31. The van der Waals surface area contributed by atoms with E-state index in [4.69, 9.17) is 4.84 Å². The summed E-state index contributed by atoms with van der Waals surface area (Å²) in [5.41, 5.74) is -0.0347. The molecule has 1 fully saturated rings. The van der Waals surface area contributed by atoms with Crippen molar-refractivity contribution in [1.29, 1.82) is 10.5 Å². The maximum atomic E-state index is 13.8. The fourth-order valence-corrected chi connectivity index (χ4v) is 4.26. The molecule has 0 saturated carbocycles. The van der Waals surface area contributed by atoms with Gasteiger partial charge in [-0.25, -0.2) is 4.79 Å². The van der Waals surface area contributed by atoms with Gasteiger partial charge in [-0.05, 0) is 24.6 Å². The average Bonchev–Trinajstić information content (AvgIpc) is 3.21. The Morgan fingerprint density at radius 1 is 1.24 bits per heavy atom. The summed E-state index contributed by atoms with van der Waals surface area (Å²) < 4.78 is 40.7. The predicted octanol–water partition coefficient (Wildman–Crippen LogP) is 0.894. The number of halogens is 3. The van der Waals surface area contributed by atoms with E-state index in [0.717, 1.165) is 4.57 Å². The van der Waals surface area contributed by atoms with Gasteiger partial charge in [0.05, 0.1) is 24.7 Å². The number of carbonyl (C=O) groups is 1. The van der Waals surface area contributed by atoms with Gasteiger partial charge in [-0.3, -0.25) is 14.3 Å². The molecule has 1 unspecified atom stereocenters. The normalized spacial score (nSPS) is 17.2. The number of nitrogens with one attached hydrogen (secondary N) is 1. The highest BCUT2D eigenvalue weighted by Crippen LogP contribution is 2.38. The highest BCUT2D eigenvalue weighted by Gasteiger charge is 2.50. The topological polar surface area (TPSA) is 131 Å². The van der Waals surface area contributed by atoms with Crippen molar-refractivity contribution in [1.82, 2.24) is 19.8 Å². The number of alkyl halides is 3. The fraction of sp³-hybridized carbons (Fsp3) is 0.375. The van der Waals surface area contributed by atoms with Crippen LogP contribution in [0.25, 0.3) is 0 Å². The molecule has 1 saturated heterocycles. The van der Waals surface area contributed by atoms with E-state index in [0.29, 0.717) is 42.4 Å². The Morgan fingerprint density at radius 2 is 1.97 bits per heavy atom. The molecule has 0 spiro atoms. The number of benzene rings is 1. The molecular formula is C24H21F3N8O3. The van der Waals surface area contributed by atoms with Crippen LogP contribution >= 0.6 is 0 Å². The van der Waals surface area contributed by atoms with Crippen LogP contribution in [0.2, 0.25) is 0 Å². The zero-order valence-electron chi connectivity index (χ0n) is 20.1. The van der Waals surface area contributed by atoms with Crippen LogP contribution in [0.3, 0.4) is 0 Å². The predicted molar refractivity (Wildman–Crippen MR) is 127 cm³/mol. The molecule has 2 aromatic rings. The molecule has 0 aliphatic carbocycles. The molecule has 14 heteroatoms. The molecule has 2 aliphatic rings. The van der Waals surface area contributed by atoms with Crippen molar-refractivity contribution in [3.63, 3.8) is 0 Å². The first-order valence-corrected chi connectivity index (χ1v) is 11.4. The van der Waals surface area contributed by atoms with Gasteiger partial charge in [-0.2, -0.15) is 28.7 Å². The van der Waals surface area contributed by atoms with Crippen LogP contribution in [0.4, 0.5) is 24.7 Å². The third-order valence-electron chi connectivity index (χ3n) is 5.93. The number of anilines is 2. The van der Waals surface area contributed by atoms with Gasteiger partial charge in [-0.1, -0.05) is 18.1 Å². The summed E-state index contributed by atoms with van der Waals surface area (Å²) in [6.07, 6.45) is -6.48. The highest BCUT2D eigenvalue weighted by molar-refractivity contribution is 5.80. The smallest absolute Gasteiger partial charge is 0.327 e. The Balaban J connectivity index is 1.89. The van der Waals surface area contributed by atoms with Gasteiger partial charge in [0.2, 0.25) is 5.82 Å². The number of nitrogens with zero attached hydrogens (tertiary/aromatic N) is 7. The van der Waals surface area contributed by atoms with E-state index in [9.17, 15) is 33.3 Å². The second kappa shape index (κ2) is 10.8. The quantitative estimate of drug-likeness (QED) is 0.561.